The maximum absolute atomic E-state index is 11.2. The average Bonchev–Trinajstić information content (AvgIpc) is 2.84. The summed E-state index contributed by atoms with van der Waals surface area (Å²) in [5, 5.41) is 3.38. The Morgan fingerprint density at radius 3 is 2.79 bits per heavy atom. The van der Waals surface area contributed by atoms with Crippen LogP contribution in [-0.2, 0) is 22.5 Å². The minimum Gasteiger partial charge on any atom is -0.469 e. The van der Waals surface area contributed by atoms with E-state index in [1.54, 1.807) is 11.3 Å². The van der Waals surface area contributed by atoms with E-state index in [4.69, 9.17) is 0 Å². The third-order valence-electron chi connectivity index (χ3n) is 2.75. The minimum absolute atomic E-state index is 0.194. The summed E-state index contributed by atoms with van der Waals surface area (Å²) in [5.74, 6) is -0.194. The normalized spacial score (nSPS) is 10.2. The molecule has 1 N–H and O–H groups in total. The highest BCUT2D eigenvalue weighted by molar-refractivity contribution is 7.12. The first kappa shape index (κ1) is 13.6. The van der Waals surface area contributed by atoms with Gasteiger partial charge in [0.25, 0.3) is 0 Å². The van der Waals surface area contributed by atoms with Crippen molar-refractivity contribution in [3.8, 4) is 0 Å². The molecule has 100 valence electrons. The highest BCUT2D eigenvalue weighted by Crippen LogP contribution is 2.19. The molecule has 0 bridgehead atoms. The van der Waals surface area contributed by atoms with Gasteiger partial charge in [-0.1, -0.05) is 12.1 Å². The largest absolute Gasteiger partial charge is 0.469 e. The number of thiophene rings is 1. The Kier molecular flexibility index (Phi) is 4.58. The first-order valence-electron chi connectivity index (χ1n) is 6.12. The van der Waals surface area contributed by atoms with Crippen LogP contribution in [0.4, 0.5) is 5.69 Å². The third-order valence-corrected chi connectivity index (χ3v) is 3.83. The van der Waals surface area contributed by atoms with Crippen molar-refractivity contribution < 1.29 is 9.53 Å². The van der Waals surface area contributed by atoms with Crippen molar-refractivity contribution in [3.63, 3.8) is 0 Å². The molecule has 0 saturated heterocycles. The van der Waals surface area contributed by atoms with Crippen molar-refractivity contribution >= 4 is 23.0 Å². The summed E-state index contributed by atoms with van der Waals surface area (Å²) in [6.07, 6.45) is 0.353. The van der Waals surface area contributed by atoms with Gasteiger partial charge in [0.1, 0.15) is 0 Å². The number of methoxy groups -OCH3 is 1. The minimum atomic E-state index is -0.194. The van der Waals surface area contributed by atoms with Crippen LogP contribution in [0.25, 0.3) is 0 Å². The van der Waals surface area contributed by atoms with E-state index in [1.807, 2.05) is 18.2 Å². The molecule has 1 heterocycles. The average molecular weight is 275 g/mol. The zero-order chi connectivity index (χ0) is 13.7. The fourth-order valence-corrected chi connectivity index (χ4v) is 2.71. The number of benzene rings is 1. The molecule has 2 rings (SSSR count). The van der Waals surface area contributed by atoms with E-state index >= 15 is 0 Å². The maximum Gasteiger partial charge on any atom is 0.310 e. The van der Waals surface area contributed by atoms with Crippen LogP contribution >= 0.6 is 11.3 Å². The fourth-order valence-electron chi connectivity index (χ4n) is 1.77. The predicted molar refractivity (Wildman–Crippen MR) is 78.5 cm³/mol. The number of esters is 1. The van der Waals surface area contributed by atoms with Crippen LogP contribution < -0.4 is 5.32 Å². The molecule has 0 amide bonds. The summed E-state index contributed by atoms with van der Waals surface area (Å²) in [5.41, 5.74) is 2.35. The molecule has 0 aliphatic heterocycles. The van der Waals surface area contributed by atoms with Crippen molar-refractivity contribution in [1.29, 1.82) is 0 Å². The molecule has 0 saturated carbocycles. The SMILES string of the molecule is COC(=O)Cc1ccc(CNc2cccc(C)c2)s1. The number of carbonyl (C=O) groups excluding carboxylic acids is 1. The number of anilines is 1. The highest BCUT2D eigenvalue weighted by atomic mass is 32.1. The quantitative estimate of drug-likeness (QED) is 0.850. The summed E-state index contributed by atoms with van der Waals surface area (Å²) in [6.45, 7) is 2.85. The second-order valence-electron chi connectivity index (χ2n) is 4.34. The van der Waals surface area contributed by atoms with E-state index in [-0.39, 0.29) is 5.97 Å². The zero-order valence-corrected chi connectivity index (χ0v) is 11.9. The zero-order valence-electron chi connectivity index (χ0n) is 11.1. The van der Waals surface area contributed by atoms with Crippen LogP contribution in [0.3, 0.4) is 0 Å². The summed E-state index contributed by atoms with van der Waals surface area (Å²) in [7, 11) is 1.41. The second-order valence-corrected chi connectivity index (χ2v) is 5.60. The molecule has 0 radical (unpaired) electrons. The molecule has 0 aliphatic rings. The van der Waals surface area contributed by atoms with Crippen LogP contribution in [0, 0.1) is 6.92 Å². The topological polar surface area (TPSA) is 38.3 Å². The van der Waals surface area contributed by atoms with Gasteiger partial charge in [0, 0.05) is 22.0 Å². The Bertz CT molecular complexity index is 563. The lowest BCUT2D eigenvalue weighted by Crippen LogP contribution is -2.02. The second kappa shape index (κ2) is 6.38. The highest BCUT2D eigenvalue weighted by Gasteiger charge is 2.06. The molecule has 1 aromatic carbocycles. The summed E-state index contributed by atoms with van der Waals surface area (Å²) < 4.78 is 4.66. The molecule has 19 heavy (non-hydrogen) atoms. The Labute approximate surface area is 117 Å². The van der Waals surface area contributed by atoms with E-state index in [2.05, 4.69) is 35.2 Å². The number of carbonyl (C=O) groups is 1. The first-order valence-corrected chi connectivity index (χ1v) is 6.94. The van der Waals surface area contributed by atoms with E-state index in [0.29, 0.717) is 6.42 Å². The van der Waals surface area contributed by atoms with E-state index < -0.39 is 0 Å². The molecule has 0 atom stereocenters. The van der Waals surface area contributed by atoms with Crippen molar-refractivity contribution in [1.82, 2.24) is 0 Å². The fraction of sp³-hybridized carbons (Fsp3) is 0.267. The van der Waals surface area contributed by atoms with Crippen LogP contribution in [0.15, 0.2) is 36.4 Å². The Balaban J connectivity index is 1.91. The van der Waals surface area contributed by atoms with Crippen LogP contribution in [-0.4, -0.2) is 13.1 Å². The third kappa shape index (κ3) is 4.10. The van der Waals surface area contributed by atoms with Gasteiger partial charge in [-0.25, -0.2) is 0 Å². The van der Waals surface area contributed by atoms with Crippen molar-refractivity contribution in [3.05, 3.63) is 51.7 Å². The Morgan fingerprint density at radius 1 is 1.26 bits per heavy atom. The number of rotatable bonds is 5. The van der Waals surface area contributed by atoms with Gasteiger partial charge in [0.05, 0.1) is 13.5 Å². The summed E-state index contributed by atoms with van der Waals surface area (Å²) in [6, 6.07) is 12.3. The molecule has 2 aromatic rings. The number of hydrogen-bond donors (Lipinski definition) is 1. The molecule has 0 fully saturated rings. The molecule has 0 aliphatic carbocycles. The number of aryl methyl sites for hydroxylation is 1. The smallest absolute Gasteiger partial charge is 0.310 e. The first-order chi connectivity index (χ1) is 9.17. The number of nitrogens with one attached hydrogen (secondary N) is 1. The van der Waals surface area contributed by atoms with Crippen molar-refractivity contribution in [2.24, 2.45) is 0 Å². The van der Waals surface area contributed by atoms with Gasteiger partial charge in [-0.15, -0.1) is 11.3 Å². The molecular weight excluding hydrogens is 258 g/mol. The van der Waals surface area contributed by atoms with Crippen LogP contribution in [0.2, 0.25) is 0 Å². The van der Waals surface area contributed by atoms with Crippen molar-refractivity contribution in [2.45, 2.75) is 19.9 Å². The molecular formula is C15H17NO2S. The Morgan fingerprint density at radius 2 is 2.05 bits per heavy atom. The van der Waals surface area contributed by atoms with Gasteiger partial charge in [-0.2, -0.15) is 0 Å². The molecule has 0 spiro atoms. The standard InChI is InChI=1S/C15H17NO2S/c1-11-4-3-5-12(8-11)16-10-14-7-6-13(19-14)9-15(17)18-2/h3-8,16H,9-10H2,1-2H3. The van der Waals surface area contributed by atoms with Crippen molar-refractivity contribution in [2.75, 3.05) is 12.4 Å². The van der Waals surface area contributed by atoms with Gasteiger partial charge in [0.15, 0.2) is 0 Å². The van der Waals surface area contributed by atoms with E-state index in [9.17, 15) is 4.79 Å². The van der Waals surface area contributed by atoms with Gasteiger partial charge >= 0.3 is 5.97 Å². The monoisotopic (exact) mass is 275 g/mol. The lowest BCUT2D eigenvalue weighted by molar-refractivity contribution is -0.139. The van der Waals surface area contributed by atoms with E-state index in [0.717, 1.165) is 17.1 Å². The van der Waals surface area contributed by atoms with Crippen LogP contribution in [0.5, 0.6) is 0 Å². The molecule has 1 aromatic heterocycles. The van der Waals surface area contributed by atoms with Gasteiger partial charge < -0.3 is 10.1 Å². The predicted octanol–water partition coefficient (Wildman–Crippen LogP) is 3.38. The number of hydrogen-bond acceptors (Lipinski definition) is 4. The van der Waals surface area contributed by atoms with Gasteiger partial charge in [-0.3, -0.25) is 4.79 Å². The number of ether oxygens (including phenoxy) is 1. The molecule has 0 unspecified atom stereocenters. The summed E-state index contributed by atoms with van der Waals surface area (Å²) >= 11 is 1.64. The molecule has 4 heteroatoms. The maximum atomic E-state index is 11.2. The lowest BCUT2D eigenvalue weighted by atomic mass is 10.2. The van der Waals surface area contributed by atoms with Gasteiger partial charge in [-0.05, 0) is 36.8 Å². The Hall–Kier alpha value is -1.81. The lowest BCUT2D eigenvalue weighted by Gasteiger charge is -2.05. The van der Waals surface area contributed by atoms with Crippen LogP contribution in [0.1, 0.15) is 15.3 Å². The van der Waals surface area contributed by atoms with Gasteiger partial charge in [0.2, 0.25) is 0 Å². The summed E-state index contributed by atoms with van der Waals surface area (Å²) in [4.78, 5) is 13.4. The molecule has 3 nitrogen and oxygen atoms in total. The van der Waals surface area contributed by atoms with E-state index in [1.165, 1.54) is 17.6 Å².